The molecular weight excluding hydrogens is 328 g/mol. The van der Waals surface area contributed by atoms with Gasteiger partial charge >= 0.3 is 0 Å². The summed E-state index contributed by atoms with van der Waals surface area (Å²) in [7, 11) is 1.59. The van der Waals surface area contributed by atoms with Crippen molar-refractivity contribution in [3.8, 4) is 5.75 Å². The zero-order chi connectivity index (χ0) is 18.5. The highest BCUT2D eigenvalue weighted by molar-refractivity contribution is 5.99. The topological polar surface area (TPSA) is 58.6 Å². The molecule has 1 aliphatic rings. The number of carbonyl (C=O) groups is 2. The number of nitrogens with zero attached hydrogens (tertiary/aromatic N) is 1. The third-order valence-corrected chi connectivity index (χ3v) is 4.72. The van der Waals surface area contributed by atoms with Gasteiger partial charge in [0.05, 0.1) is 7.11 Å². The third-order valence-electron chi connectivity index (χ3n) is 4.72. The van der Waals surface area contributed by atoms with Crippen molar-refractivity contribution in [2.45, 2.75) is 26.2 Å². The van der Waals surface area contributed by atoms with Crippen LogP contribution in [0.2, 0.25) is 0 Å². The van der Waals surface area contributed by atoms with E-state index in [0.29, 0.717) is 17.8 Å². The minimum absolute atomic E-state index is 0.0262. The molecule has 5 nitrogen and oxygen atoms in total. The van der Waals surface area contributed by atoms with E-state index in [2.05, 4.69) is 5.32 Å². The Labute approximate surface area is 154 Å². The maximum absolute atomic E-state index is 12.8. The highest BCUT2D eigenvalue weighted by Gasteiger charge is 2.20. The van der Waals surface area contributed by atoms with Gasteiger partial charge in [0, 0.05) is 17.8 Å². The van der Waals surface area contributed by atoms with Gasteiger partial charge in [-0.1, -0.05) is 6.07 Å². The third kappa shape index (κ3) is 4.04. The first-order valence-corrected chi connectivity index (χ1v) is 8.95. The van der Waals surface area contributed by atoms with Gasteiger partial charge in [-0.05, 0) is 73.7 Å². The Bertz CT molecular complexity index is 799. The van der Waals surface area contributed by atoms with Gasteiger partial charge in [0.1, 0.15) is 12.3 Å². The molecule has 0 unspecified atom stereocenters. The second-order valence-corrected chi connectivity index (χ2v) is 6.43. The van der Waals surface area contributed by atoms with Crippen LogP contribution in [0.1, 0.15) is 34.8 Å². The average molecular weight is 352 g/mol. The summed E-state index contributed by atoms with van der Waals surface area (Å²) in [6.07, 6.45) is 3.26. The van der Waals surface area contributed by atoms with Gasteiger partial charge in [-0.25, -0.2) is 0 Å². The van der Waals surface area contributed by atoms with E-state index in [-0.39, 0.29) is 18.4 Å². The summed E-state index contributed by atoms with van der Waals surface area (Å²) in [6, 6.07) is 13.0. The number of aryl methyl sites for hydroxylation is 2. The Morgan fingerprint density at radius 3 is 2.50 bits per heavy atom. The Balaban J connectivity index is 1.64. The number of carbonyl (C=O) groups excluding carboxylic acids is 2. The Morgan fingerprint density at radius 1 is 1.08 bits per heavy atom. The van der Waals surface area contributed by atoms with E-state index >= 15 is 0 Å². The Kier molecular flexibility index (Phi) is 5.56. The minimum atomic E-state index is -0.216. The molecule has 136 valence electrons. The summed E-state index contributed by atoms with van der Waals surface area (Å²) >= 11 is 0. The first kappa shape index (κ1) is 18.0. The molecule has 0 saturated heterocycles. The molecule has 2 aromatic carbocycles. The molecule has 0 atom stereocenters. The number of amides is 2. The van der Waals surface area contributed by atoms with Gasteiger partial charge in [0.15, 0.2) is 0 Å². The molecule has 2 aromatic rings. The summed E-state index contributed by atoms with van der Waals surface area (Å²) < 4.78 is 5.10. The molecule has 0 saturated carbocycles. The quantitative estimate of drug-likeness (QED) is 0.868. The number of ether oxygens (including phenoxy) is 1. The average Bonchev–Trinajstić information content (AvgIpc) is 3.14. The monoisotopic (exact) mass is 352 g/mol. The van der Waals surface area contributed by atoms with Crippen LogP contribution in [0.4, 0.5) is 5.69 Å². The molecule has 0 aliphatic heterocycles. The van der Waals surface area contributed by atoms with Crippen molar-refractivity contribution in [1.82, 2.24) is 4.90 Å². The molecule has 5 heteroatoms. The number of likely N-dealkylation sites (N-methyl/N-ethyl adjacent to an activating group) is 1. The molecule has 0 aromatic heterocycles. The summed E-state index contributed by atoms with van der Waals surface area (Å²) in [4.78, 5) is 26.7. The van der Waals surface area contributed by atoms with Crippen LogP contribution in [-0.2, 0) is 17.6 Å². The first-order valence-electron chi connectivity index (χ1n) is 8.95. The molecule has 0 heterocycles. The van der Waals surface area contributed by atoms with Gasteiger partial charge in [-0.15, -0.1) is 0 Å². The van der Waals surface area contributed by atoms with Gasteiger partial charge in [0.25, 0.3) is 5.91 Å². The van der Waals surface area contributed by atoms with Crippen LogP contribution in [0.5, 0.6) is 5.75 Å². The lowest BCUT2D eigenvalue weighted by atomic mass is 10.1. The van der Waals surface area contributed by atoms with Crippen molar-refractivity contribution >= 4 is 17.5 Å². The number of methoxy groups -OCH3 is 1. The predicted molar refractivity (Wildman–Crippen MR) is 102 cm³/mol. The largest absolute Gasteiger partial charge is 0.497 e. The SMILES string of the molecule is CCN(CC(=O)Nc1ccc(OC)cc1)C(=O)c1ccc2c(c1)CCC2. The number of hydrogen-bond acceptors (Lipinski definition) is 3. The number of anilines is 1. The number of nitrogens with one attached hydrogen (secondary N) is 1. The lowest BCUT2D eigenvalue weighted by molar-refractivity contribution is -0.116. The molecule has 1 aliphatic carbocycles. The normalized spacial score (nSPS) is 12.4. The molecule has 0 radical (unpaired) electrons. The van der Waals surface area contributed by atoms with Crippen LogP contribution in [0, 0.1) is 0 Å². The number of fused-ring (bicyclic) bond motifs is 1. The van der Waals surface area contributed by atoms with Gasteiger partial charge in [-0.2, -0.15) is 0 Å². The smallest absolute Gasteiger partial charge is 0.254 e. The van der Waals surface area contributed by atoms with E-state index in [1.165, 1.54) is 11.1 Å². The van der Waals surface area contributed by atoms with E-state index in [9.17, 15) is 9.59 Å². The van der Waals surface area contributed by atoms with Crippen molar-refractivity contribution in [2.24, 2.45) is 0 Å². The molecular formula is C21H24N2O3. The summed E-state index contributed by atoms with van der Waals surface area (Å²) in [5.74, 6) is 0.406. The lowest BCUT2D eigenvalue weighted by Crippen LogP contribution is -2.37. The number of rotatable bonds is 6. The lowest BCUT2D eigenvalue weighted by Gasteiger charge is -2.21. The highest BCUT2D eigenvalue weighted by atomic mass is 16.5. The van der Waals surface area contributed by atoms with Gasteiger partial charge < -0.3 is 15.0 Å². The van der Waals surface area contributed by atoms with E-state index in [1.54, 1.807) is 36.3 Å². The zero-order valence-corrected chi connectivity index (χ0v) is 15.2. The van der Waals surface area contributed by atoms with E-state index in [1.807, 2.05) is 25.1 Å². The molecule has 3 rings (SSSR count). The molecule has 0 bridgehead atoms. The maximum atomic E-state index is 12.8. The molecule has 0 spiro atoms. The molecule has 26 heavy (non-hydrogen) atoms. The second kappa shape index (κ2) is 8.04. The van der Waals surface area contributed by atoms with Crippen LogP contribution in [0.15, 0.2) is 42.5 Å². The maximum Gasteiger partial charge on any atom is 0.254 e. The van der Waals surface area contributed by atoms with Crippen LogP contribution >= 0.6 is 0 Å². The van der Waals surface area contributed by atoms with Crippen molar-refractivity contribution in [3.63, 3.8) is 0 Å². The summed E-state index contributed by atoms with van der Waals surface area (Å²) in [5.41, 5.74) is 3.93. The Hall–Kier alpha value is -2.82. The van der Waals surface area contributed by atoms with Crippen molar-refractivity contribution in [1.29, 1.82) is 0 Å². The first-order chi connectivity index (χ1) is 12.6. The van der Waals surface area contributed by atoms with Crippen molar-refractivity contribution in [3.05, 3.63) is 59.2 Å². The summed E-state index contributed by atoms with van der Waals surface area (Å²) in [5, 5.41) is 2.82. The van der Waals surface area contributed by atoms with Crippen LogP contribution in [-0.4, -0.2) is 36.9 Å². The van der Waals surface area contributed by atoms with Gasteiger partial charge in [0.2, 0.25) is 5.91 Å². The fourth-order valence-corrected chi connectivity index (χ4v) is 3.26. The standard InChI is InChI=1S/C21H24N2O3/c1-3-23(14-20(24)22-18-9-11-19(26-2)12-10-18)21(25)17-8-7-15-5-4-6-16(15)13-17/h7-13H,3-6,14H2,1-2H3,(H,22,24). The summed E-state index contributed by atoms with van der Waals surface area (Å²) in [6.45, 7) is 2.39. The highest BCUT2D eigenvalue weighted by Crippen LogP contribution is 2.23. The second-order valence-electron chi connectivity index (χ2n) is 6.43. The molecule has 1 N–H and O–H groups in total. The molecule has 0 fully saturated rings. The predicted octanol–water partition coefficient (Wildman–Crippen LogP) is 3.28. The van der Waals surface area contributed by atoms with E-state index < -0.39 is 0 Å². The minimum Gasteiger partial charge on any atom is -0.497 e. The van der Waals surface area contributed by atoms with E-state index in [4.69, 9.17) is 4.74 Å². The number of hydrogen-bond donors (Lipinski definition) is 1. The van der Waals surface area contributed by atoms with Crippen LogP contribution < -0.4 is 10.1 Å². The number of benzene rings is 2. The molecule has 2 amide bonds. The Morgan fingerprint density at radius 2 is 1.81 bits per heavy atom. The van der Waals surface area contributed by atoms with E-state index in [0.717, 1.165) is 25.0 Å². The van der Waals surface area contributed by atoms with Gasteiger partial charge in [-0.3, -0.25) is 9.59 Å². The zero-order valence-electron chi connectivity index (χ0n) is 15.2. The fraction of sp³-hybridized carbons (Fsp3) is 0.333. The van der Waals surface area contributed by atoms with Crippen LogP contribution in [0.25, 0.3) is 0 Å². The van der Waals surface area contributed by atoms with Crippen LogP contribution in [0.3, 0.4) is 0 Å². The van der Waals surface area contributed by atoms with Crippen molar-refractivity contribution in [2.75, 3.05) is 25.5 Å². The van der Waals surface area contributed by atoms with Crippen molar-refractivity contribution < 1.29 is 14.3 Å². The fourth-order valence-electron chi connectivity index (χ4n) is 3.26.